The fraction of sp³-hybridized carbons (Fsp3) is 0.500. The van der Waals surface area contributed by atoms with E-state index in [4.69, 9.17) is 0 Å². The molecule has 4 nitrogen and oxygen atoms in total. The molecule has 0 saturated heterocycles. The minimum Gasteiger partial charge on any atom is -0.481 e. The van der Waals surface area contributed by atoms with E-state index in [-0.39, 0.29) is 11.6 Å². The third kappa shape index (κ3) is 2.01. The summed E-state index contributed by atoms with van der Waals surface area (Å²) in [5, 5.41) is 9.18. The van der Waals surface area contributed by atoms with Crippen LogP contribution in [0.2, 0.25) is 0 Å². The number of pyridine rings is 1. The molecule has 1 rings (SSSR count). The molecule has 0 aromatic carbocycles. The van der Waals surface area contributed by atoms with Crippen LogP contribution in [0.1, 0.15) is 39.4 Å². The van der Waals surface area contributed by atoms with Gasteiger partial charge in [0.05, 0.1) is 0 Å². The van der Waals surface area contributed by atoms with E-state index in [1.807, 2.05) is 13.8 Å². The van der Waals surface area contributed by atoms with Crippen LogP contribution in [0.25, 0.3) is 0 Å². The molecule has 0 aliphatic rings. The monoisotopic (exact) mass is 223 g/mol. The molecule has 1 heterocycles. The Balaban J connectivity index is 3.51. The summed E-state index contributed by atoms with van der Waals surface area (Å²) in [6, 6.07) is 4.68. The van der Waals surface area contributed by atoms with Crippen LogP contribution in [-0.4, -0.2) is 15.6 Å². The molecule has 1 N–H and O–H groups in total. The molecule has 0 atom stereocenters. The van der Waals surface area contributed by atoms with Gasteiger partial charge in [-0.25, -0.2) is 0 Å². The molecule has 0 aliphatic carbocycles. The van der Waals surface area contributed by atoms with Crippen molar-refractivity contribution in [1.82, 2.24) is 4.57 Å². The lowest BCUT2D eigenvalue weighted by molar-refractivity contribution is -0.142. The van der Waals surface area contributed by atoms with E-state index in [0.29, 0.717) is 5.69 Å². The number of carboxylic acids is 1. The number of nitrogens with zero attached hydrogens (tertiary/aromatic N) is 1. The summed E-state index contributed by atoms with van der Waals surface area (Å²) < 4.78 is 1.52. The molecule has 0 bridgehead atoms. The number of aliphatic carboxylic acids is 1. The number of carboxylic acid groups (broad SMARTS) is 1. The van der Waals surface area contributed by atoms with Crippen molar-refractivity contribution in [3.8, 4) is 0 Å². The average molecular weight is 223 g/mol. The first-order valence-electron chi connectivity index (χ1n) is 5.24. The highest BCUT2D eigenvalue weighted by atomic mass is 16.4. The smallest absolute Gasteiger partial charge is 0.315 e. The quantitative estimate of drug-likeness (QED) is 0.849. The van der Waals surface area contributed by atoms with Crippen molar-refractivity contribution >= 4 is 5.97 Å². The van der Waals surface area contributed by atoms with Gasteiger partial charge in [-0.2, -0.15) is 0 Å². The van der Waals surface area contributed by atoms with Gasteiger partial charge in [-0.3, -0.25) is 9.59 Å². The Hall–Kier alpha value is -1.58. The molecule has 88 valence electrons. The van der Waals surface area contributed by atoms with Crippen LogP contribution < -0.4 is 5.56 Å². The van der Waals surface area contributed by atoms with Crippen LogP contribution in [-0.2, 0) is 10.2 Å². The maximum absolute atomic E-state index is 11.7. The Kier molecular flexibility index (Phi) is 3.21. The van der Waals surface area contributed by atoms with Crippen molar-refractivity contribution in [1.29, 1.82) is 0 Å². The van der Waals surface area contributed by atoms with E-state index in [9.17, 15) is 14.7 Å². The number of rotatable bonds is 3. The summed E-state index contributed by atoms with van der Waals surface area (Å²) in [4.78, 5) is 22.9. The Labute approximate surface area is 94.5 Å². The van der Waals surface area contributed by atoms with Crippen LogP contribution in [0.3, 0.4) is 0 Å². The lowest BCUT2D eigenvalue weighted by atomic mass is 9.88. The minimum atomic E-state index is -1.06. The minimum absolute atomic E-state index is 0.0534. The zero-order chi connectivity index (χ0) is 12.5. The summed E-state index contributed by atoms with van der Waals surface area (Å²) in [6.45, 7) is 6.93. The molecule has 1 aromatic heterocycles. The first kappa shape index (κ1) is 12.5. The lowest BCUT2D eigenvalue weighted by Crippen LogP contribution is -2.37. The Morgan fingerprint density at radius 3 is 2.38 bits per heavy atom. The van der Waals surface area contributed by atoms with Gasteiger partial charge in [0.2, 0.25) is 0 Å². The van der Waals surface area contributed by atoms with Crippen molar-refractivity contribution in [2.24, 2.45) is 0 Å². The molecular weight excluding hydrogens is 206 g/mol. The molecule has 0 aliphatic heterocycles. The van der Waals surface area contributed by atoms with Gasteiger partial charge in [0, 0.05) is 17.8 Å². The maximum Gasteiger partial charge on any atom is 0.315 e. The van der Waals surface area contributed by atoms with Gasteiger partial charge in [0.25, 0.3) is 5.56 Å². The van der Waals surface area contributed by atoms with E-state index >= 15 is 0 Å². The van der Waals surface area contributed by atoms with Gasteiger partial charge >= 0.3 is 5.97 Å². The molecule has 16 heavy (non-hydrogen) atoms. The van der Waals surface area contributed by atoms with Crippen LogP contribution in [0.15, 0.2) is 23.0 Å². The summed E-state index contributed by atoms with van der Waals surface area (Å²) in [7, 11) is 0. The van der Waals surface area contributed by atoms with E-state index in [1.54, 1.807) is 26.0 Å². The molecule has 1 aromatic rings. The third-order valence-electron chi connectivity index (χ3n) is 2.68. The van der Waals surface area contributed by atoms with Gasteiger partial charge < -0.3 is 9.67 Å². The predicted molar refractivity (Wildman–Crippen MR) is 61.7 cm³/mol. The van der Waals surface area contributed by atoms with Crippen molar-refractivity contribution in [2.75, 3.05) is 0 Å². The summed E-state index contributed by atoms with van der Waals surface area (Å²) in [5.41, 5.74) is -0.700. The predicted octanol–water partition coefficient (Wildman–Crippen LogP) is 1.79. The van der Waals surface area contributed by atoms with Crippen molar-refractivity contribution in [2.45, 2.75) is 39.2 Å². The average Bonchev–Trinajstić information content (AvgIpc) is 2.16. The molecule has 0 spiro atoms. The van der Waals surface area contributed by atoms with E-state index in [2.05, 4.69) is 0 Å². The fourth-order valence-electron chi connectivity index (χ4n) is 1.65. The van der Waals surface area contributed by atoms with Gasteiger partial charge in [-0.05, 0) is 33.8 Å². The highest BCUT2D eigenvalue weighted by Gasteiger charge is 2.32. The van der Waals surface area contributed by atoms with Crippen molar-refractivity contribution < 1.29 is 9.90 Å². The zero-order valence-corrected chi connectivity index (χ0v) is 10.0. The molecule has 0 saturated carbocycles. The third-order valence-corrected chi connectivity index (χ3v) is 2.68. The van der Waals surface area contributed by atoms with Crippen LogP contribution >= 0.6 is 0 Å². The zero-order valence-electron chi connectivity index (χ0n) is 10.0. The molecule has 0 fully saturated rings. The van der Waals surface area contributed by atoms with Crippen LogP contribution in [0.5, 0.6) is 0 Å². The Bertz CT molecular complexity index is 458. The fourth-order valence-corrected chi connectivity index (χ4v) is 1.65. The largest absolute Gasteiger partial charge is 0.481 e. The van der Waals surface area contributed by atoms with E-state index in [0.717, 1.165) is 0 Å². The highest BCUT2D eigenvalue weighted by Crippen LogP contribution is 2.24. The standard InChI is InChI=1S/C12H17NO3/c1-8(2)13-9(6-5-7-10(13)14)12(3,4)11(15)16/h5-8H,1-4H3,(H,15,16). The summed E-state index contributed by atoms with van der Waals surface area (Å²) in [5.74, 6) is -0.937. The normalized spacial score (nSPS) is 11.8. The highest BCUT2D eigenvalue weighted by molar-refractivity contribution is 5.79. The number of hydrogen-bond donors (Lipinski definition) is 1. The Morgan fingerprint density at radius 2 is 1.94 bits per heavy atom. The molecular formula is C12H17NO3. The second kappa shape index (κ2) is 4.12. The number of aromatic nitrogens is 1. The maximum atomic E-state index is 11.7. The van der Waals surface area contributed by atoms with Crippen molar-refractivity contribution in [3.05, 3.63) is 34.2 Å². The van der Waals surface area contributed by atoms with Gasteiger partial charge in [0.15, 0.2) is 0 Å². The first-order valence-corrected chi connectivity index (χ1v) is 5.24. The molecule has 0 unspecified atom stereocenters. The van der Waals surface area contributed by atoms with Crippen molar-refractivity contribution in [3.63, 3.8) is 0 Å². The van der Waals surface area contributed by atoms with Gasteiger partial charge in [-0.15, -0.1) is 0 Å². The number of hydrogen-bond acceptors (Lipinski definition) is 2. The molecule has 4 heteroatoms. The summed E-state index contributed by atoms with van der Waals surface area (Å²) in [6.07, 6.45) is 0. The summed E-state index contributed by atoms with van der Waals surface area (Å²) >= 11 is 0. The van der Waals surface area contributed by atoms with Crippen LogP contribution in [0, 0.1) is 0 Å². The van der Waals surface area contributed by atoms with E-state index < -0.39 is 11.4 Å². The Morgan fingerprint density at radius 1 is 1.38 bits per heavy atom. The second-order valence-corrected chi connectivity index (χ2v) is 4.64. The van der Waals surface area contributed by atoms with Gasteiger partial charge in [0.1, 0.15) is 5.41 Å². The molecule has 0 radical (unpaired) electrons. The second-order valence-electron chi connectivity index (χ2n) is 4.64. The topological polar surface area (TPSA) is 59.3 Å². The first-order chi connectivity index (χ1) is 7.28. The lowest BCUT2D eigenvalue weighted by Gasteiger charge is -2.25. The van der Waals surface area contributed by atoms with E-state index in [1.165, 1.54) is 10.6 Å². The molecule has 0 amide bonds. The number of carbonyl (C=O) groups is 1. The van der Waals surface area contributed by atoms with Crippen LogP contribution in [0.4, 0.5) is 0 Å². The van der Waals surface area contributed by atoms with Gasteiger partial charge in [-0.1, -0.05) is 6.07 Å². The SMILES string of the molecule is CC(C)n1c(C(C)(C)C(=O)O)cccc1=O.